The van der Waals surface area contributed by atoms with Crippen LogP contribution < -0.4 is 9.47 Å². The number of ether oxygens (including phenoxy) is 2. The molecule has 1 aliphatic heterocycles. The number of fused-ring (bicyclic) bond motifs is 1. The smallest absolute Gasteiger partial charge is 0.161 e. The molecular formula is C17H25NO3. The number of hydrogen-bond donors (Lipinski definition) is 1. The maximum absolute atomic E-state index is 9.66. The number of aliphatic hydroxyl groups is 1. The Kier molecular flexibility index (Phi) is 4.36. The maximum atomic E-state index is 9.66. The van der Waals surface area contributed by atoms with Crippen molar-refractivity contribution in [3.8, 4) is 11.5 Å². The summed E-state index contributed by atoms with van der Waals surface area (Å²) in [6, 6.07) is 4.86. The first-order chi connectivity index (χ1) is 10.2. The topological polar surface area (TPSA) is 41.9 Å². The van der Waals surface area contributed by atoms with Gasteiger partial charge in [0, 0.05) is 19.1 Å². The molecule has 1 heterocycles. The fourth-order valence-corrected chi connectivity index (χ4v) is 3.64. The van der Waals surface area contributed by atoms with E-state index in [0.29, 0.717) is 6.04 Å². The molecule has 1 aromatic rings. The Morgan fingerprint density at radius 1 is 1.00 bits per heavy atom. The lowest BCUT2D eigenvalue weighted by atomic mass is 9.89. The number of rotatable bonds is 3. The Bertz CT molecular complexity index is 495. The minimum absolute atomic E-state index is 0.0808. The zero-order valence-corrected chi connectivity index (χ0v) is 13.0. The van der Waals surface area contributed by atoms with Crippen LogP contribution in [0.5, 0.6) is 11.5 Å². The van der Waals surface area contributed by atoms with E-state index in [0.717, 1.165) is 56.7 Å². The van der Waals surface area contributed by atoms with E-state index < -0.39 is 0 Å². The molecule has 4 nitrogen and oxygen atoms in total. The standard InChI is InChI=1S/C17H25NO3/c1-20-16-9-12-7-8-18(11-13(12)10-17(16)21-2)14-3-5-15(19)6-4-14/h9-10,14-15,19H,3-8,11H2,1-2H3. The summed E-state index contributed by atoms with van der Waals surface area (Å²) in [6.45, 7) is 2.08. The Morgan fingerprint density at radius 2 is 1.62 bits per heavy atom. The molecule has 1 aliphatic carbocycles. The average molecular weight is 291 g/mol. The zero-order chi connectivity index (χ0) is 14.8. The molecule has 0 unspecified atom stereocenters. The number of benzene rings is 1. The monoisotopic (exact) mass is 291 g/mol. The number of methoxy groups -OCH3 is 2. The van der Waals surface area contributed by atoms with Crippen LogP contribution in [-0.2, 0) is 13.0 Å². The highest BCUT2D eigenvalue weighted by Crippen LogP contribution is 2.35. The molecular weight excluding hydrogens is 266 g/mol. The first-order valence-electron chi connectivity index (χ1n) is 7.87. The van der Waals surface area contributed by atoms with Gasteiger partial charge >= 0.3 is 0 Å². The van der Waals surface area contributed by atoms with Gasteiger partial charge in [-0.25, -0.2) is 0 Å². The molecule has 0 spiro atoms. The summed E-state index contributed by atoms with van der Waals surface area (Å²) < 4.78 is 10.8. The number of hydrogen-bond acceptors (Lipinski definition) is 4. The molecule has 0 amide bonds. The second-order valence-electron chi connectivity index (χ2n) is 6.16. The third kappa shape index (κ3) is 3.01. The molecule has 3 rings (SSSR count). The van der Waals surface area contributed by atoms with E-state index >= 15 is 0 Å². The van der Waals surface area contributed by atoms with Crippen molar-refractivity contribution in [2.75, 3.05) is 20.8 Å². The third-order valence-corrected chi connectivity index (χ3v) is 4.93. The summed E-state index contributed by atoms with van der Waals surface area (Å²) >= 11 is 0. The second kappa shape index (κ2) is 6.24. The highest BCUT2D eigenvalue weighted by atomic mass is 16.5. The molecule has 2 aliphatic rings. The third-order valence-electron chi connectivity index (χ3n) is 4.93. The van der Waals surface area contributed by atoms with Crippen molar-refractivity contribution in [1.82, 2.24) is 4.90 Å². The first kappa shape index (κ1) is 14.7. The van der Waals surface area contributed by atoms with E-state index in [4.69, 9.17) is 9.47 Å². The highest BCUT2D eigenvalue weighted by molar-refractivity contribution is 5.48. The van der Waals surface area contributed by atoms with Gasteiger partial charge in [0.15, 0.2) is 11.5 Å². The van der Waals surface area contributed by atoms with Gasteiger partial charge in [-0.2, -0.15) is 0 Å². The van der Waals surface area contributed by atoms with Gasteiger partial charge in [-0.1, -0.05) is 0 Å². The van der Waals surface area contributed by atoms with Crippen LogP contribution in [0.15, 0.2) is 12.1 Å². The molecule has 1 N–H and O–H groups in total. The minimum Gasteiger partial charge on any atom is -0.493 e. The van der Waals surface area contributed by atoms with Crippen molar-refractivity contribution in [2.24, 2.45) is 0 Å². The van der Waals surface area contributed by atoms with E-state index in [1.54, 1.807) is 14.2 Å². The summed E-state index contributed by atoms with van der Waals surface area (Å²) in [6.07, 6.45) is 5.10. The number of aliphatic hydroxyl groups excluding tert-OH is 1. The van der Waals surface area contributed by atoms with E-state index in [1.165, 1.54) is 11.1 Å². The largest absolute Gasteiger partial charge is 0.493 e. The van der Waals surface area contributed by atoms with Crippen LogP contribution in [-0.4, -0.2) is 42.9 Å². The molecule has 116 valence electrons. The molecule has 0 radical (unpaired) electrons. The predicted molar refractivity (Wildman–Crippen MR) is 81.9 cm³/mol. The van der Waals surface area contributed by atoms with Crippen molar-refractivity contribution in [1.29, 1.82) is 0 Å². The Morgan fingerprint density at radius 3 is 2.24 bits per heavy atom. The van der Waals surface area contributed by atoms with Crippen LogP contribution in [0.4, 0.5) is 0 Å². The Balaban J connectivity index is 1.75. The summed E-state index contributed by atoms with van der Waals surface area (Å²) in [7, 11) is 3.38. The van der Waals surface area contributed by atoms with Crippen LogP contribution in [0.25, 0.3) is 0 Å². The van der Waals surface area contributed by atoms with E-state index in [2.05, 4.69) is 17.0 Å². The molecule has 1 saturated carbocycles. The van der Waals surface area contributed by atoms with Gasteiger partial charge < -0.3 is 14.6 Å². The highest BCUT2D eigenvalue weighted by Gasteiger charge is 2.28. The van der Waals surface area contributed by atoms with Crippen LogP contribution in [0.1, 0.15) is 36.8 Å². The number of nitrogens with zero attached hydrogens (tertiary/aromatic N) is 1. The normalized spacial score (nSPS) is 26.2. The van der Waals surface area contributed by atoms with E-state index in [1.807, 2.05) is 0 Å². The molecule has 4 heteroatoms. The van der Waals surface area contributed by atoms with Crippen molar-refractivity contribution in [3.05, 3.63) is 23.3 Å². The van der Waals surface area contributed by atoms with Gasteiger partial charge in [0.05, 0.1) is 20.3 Å². The van der Waals surface area contributed by atoms with E-state index in [9.17, 15) is 5.11 Å². The quantitative estimate of drug-likeness (QED) is 0.928. The fourth-order valence-electron chi connectivity index (χ4n) is 3.64. The lowest BCUT2D eigenvalue weighted by Crippen LogP contribution is -2.42. The summed E-state index contributed by atoms with van der Waals surface area (Å²) in [4.78, 5) is 2.57. The van der Waals surface area contributed by atoms with Gasteiger partial charge in [-0.05, 0) is 55.4 Å². The van der Waals surface area contributed by atoms with Gasteiger partial charge in [0.2, 0.25) is 0 Å². The van der Waals surface area contributed by atoms with Crippen LogP contribution in [0.2, 0.25) is 0 Å². The van der Waals surface area contributed by atoms with Crippen molar-refractivity contribution in [2.45, 2.75) is 50.8 Å². The van der Waals surface area contributed by atoms with Crippen molar-refractivity contribution in [3.63, 3.8) is 0 Å². The lowest BCUT2D eigenvalue weighted by Gasteiger charge is -2.38. The maximum Gasteiger partial charge on any atom is 0.161 e. The van der Waals surface area contributed by atoms with E-state index in [-0.39, 0.29) is 6.10 Å². The van der Waals surface area contributed by atoms with Crippen LogP contribution >= 0.6 is 0 Å². The van der Waals surface area contributed by atoms with Crippen LogP contribution in [0.3, 0.4) is 0 Å². The van der Waals surface area contributed by atoms with Gasteiger partial charge in [0.1, 0.15) is 0 Å². The SMILES string of the molecule is COc1cc2c(cc1OC)CN(C1CCC(O)CC1)CC2. The van der Waals surface area contributed by atoms with Gasteiger partial charge in [0.25, 0.3) is 0 Å². The van der Waals surface area contributed by atoms with Crippen LogP contribution in [0, 0.1) is 0 Å². The first-order valence-corrected chi connectivity index (χ1v) is 7.87. The lowest BCUT2D eigenvalue weighted by molar-refractivity contribution is 0.0677. The average Bonchev–Trinajstić information content (AvgIpc) is 2.53. The van der Waals surface area contributed by atoms with Crippen molar-refractivity contribution >= 4 is 0 Å². The molecule has 1 aromatic carbocycles. The van der Waals surface area contributed by atoms with Crippen molar-refractivity contribution < 1.29 is 14.6 Å². The molecule has 0 aromatic heterocycles. The molecule has 0 saturated heterocycles. The predicted octanol–water partition coefficient (Wildman–Crippen LogP) is 2.37. The summed E-state index contributed by atoms with van der Waals surface area (Å²) in [5.41, 5.74) is 2.73. The fraction of sp³-hybridized carbons (Fsp3) is 0.647. The second-order valence-corrected chi connectivity index (χ2v) is 6.16. The Labute approximate surface area is 126 Å². The Hall–Kier alpha value is -1.26. The van der Waals surface area contributed by atoms with Gasteiger partial charge in [-0.15, -0.1) is 0 Å². The molecule has 21 heavy (non-hydrogen) atoms. The van der Waals surface area contributed by atoms with Gasteiger partial charge in [-0.3, -0.25) is 4.90 Å². The molecule has 0 atom stereocenters. The molecule has 0 bridgehead atoms. The minimum atomic E-state index is -0.0808. The summed E-state index contributed by atoms with van der Waals surface area (Å²) in [5.74, 6) is 1.64. The zero-order valence-electron chi connectivity index (χ0n) is 13.0. The summed E-state index contributed by atoms with van der Waals surface area (Å²) in [5, 5.41) is 9.66. The molecule has 1 fully saturated rings.